The number of carbonyl (C=O) groups excluding carboxylic acids is 1. The number of amides is 1. The van der Waals surface area contributed by atoms with Gasteiger partial charge in [-0.25, -0.2) is 0 Å². The first kappa shape index (κ1) is 25.7. The molecule has 3 aromatic rings. The zero-order valence-corrected chi connectivity index (χ0v) is 20.6. The number of rotatable bonds is 4. The Balaban J connectivity index is 0.000000914. The highest BCUT2D eigenvalue weighted by atomic mass is 16.5. The lowest BCUT2D eigenvalue weighted by atomic mass is 9.78. The topological polar surface area (TPSA) is 47.6 Å². The molecule has 4 heteroatoms. The van der Waals surface area contributed by atoms with Gasteiger partial charge in [-0.1, -0.05) is 56.3 Å². The van der Waals surface area contributed by atoms with Crippen LogP contribution in [0.2, 0.25) is 0 Å². The molecule has 3 aromatic carbocycles. The molecule has 1 aliphatic rings. The van der Waals surface area contributed by atoms with Crippen molar-refractivity contribution in [3.05, 3.63) is 108 Å². The van der Waals surface area contributed by atoms with Gasteiger partial charge in [0.05, 0.1) is 7.11 Å². The van der Waals surface area contributed by atoms with E-state index in [4.69, 9.17) is 9.47 Å². The Kier molecular flexibility index (Phi) is 8.47. The van der Waals surface area contributed by atoms with Gasteiger partial charge in [0.25, 0.3) is 5.91 Å². The Morgan fingerprint density at radius 2 is 1.27 bits per heavy atom. The molecule has 0 bridgehead atoms. The lowest BCUT2D eigenvalue weighted by Crippen LogP contribution is -2.41. The number of hydrogen-bond acceptors (Lipinski definition) is 3. The maximum absolute atomic E-state index is 12.8. The van der Waals surface area contributed by atoms with Crippen LogP contribution >= 0.6 is 0 Å². The van der Waals surface area contributed by atoms with Crippen molar-refractivity contribution < 1.29 is 14.3 Å². The van der Waals surface area contributed by atoms with Gasteiger partial charge in [-0.3, -0.25) is 4.79 Å². The molecule has 0 saturated heterocycles. The summed E-state index contributed by atoms with van der Waals surface area (Å²) in [5.74, 6) is 1.49. The van der Waals surface area contributed by atoms with Gasteiger partial charge in [0.15, 0.2) is 0 Å². The second kappa shape index (κ2) is 10.9. The molecule has 0 fully saturated rings. The molecule has 0 spiro atoms. The zero-order chi connectivity index (χ0) is 24.6. The van der Waals surface area contributed by atoms with Gasteiger partial charge < -0.3 is 14.8 Å². The average Bonchev–Trinajstić information content (AvgIpc) is 3.15. The fourth-order valence-electron chi connectivity index (χ4n) is 3.90. The Labute approximate surface area is 198 Å². The zero-order valence-electron chi connectivity index (χ0n) is 20.6. The Hall–Kier alpha value is -3.53. The molecule has 174 valence electrons. The summed E-state index contributed by atoms with van der Waals surface area (Å²) in [5, 5.41) is 3.25. The molecule has 0 aromatic heterocycles. The van der Waals surface area contributed by atoms with Crippen molar-refractivity contribution in [1.82, 2.24) is 5.32 Å². The maximum Gasteiger partial charge on any atom is 0.252 e. The van der Waals surface area contributed by atoms with E-state index in [2.05, 4.69) is 18.5 Å². The van der Waals surface area contributed by atoms with Gasteiger partial charge in [-0.2, -0.15) is 0 Å². The molecule has 1 unspecified atom stereocenters. The van der Waals surface area contributed by atoms with Gasteiger partial charge >= 0.3 is 0 Å². The van der Waals surface area contributed by atoms with Crippen LogP contribution in [0.5, 0.6) is 11.5 Å². The van der Waals surface area contributed by atoms with Crippen LogP contribution in [0.15, 0.2) is 86.0 Å². The second-order valence-corrected chi connectivity index (χ2v) is 8.22. The minimum Gasteiger partial charge on any atom is -0.497 e. The minimum atomic E-state index is -0.764. The summed E-state index contributed by atoms with van der Waals surface area (Å²) in [6.45, 7) is 16.1. The summed E-state index contributed by atoms with van der Waals surface area (Å²) in [6, 6.07) is 23.5. The van der Waals surface area contributed by atoms with Crippen molar-refractivity contribution in [2.45, 2.75) is 45.8 Å². The highest BCUT2D eigenvalue weighted by molar-refractivity contribution is 6.01. The third-order valence-corrected chi connectivity index (χ3v) is 5.11. The predicted molar refractivity (Wildman–Crippen MR) is 136 cm³/mol. The van der Waals surface area contributed by atoms with Crippen molar-refractivity contribution in [2.75, 3.05) is 7.11 Å². The number of nitrogens with one attached hydrogen (secondary N) is 1. The van der Waals surface area contributed by atoms with E-state index >= 15 is 0 Å². The molecule has 4 nitrogen and oxygen atoms in total. The molecular weight excluding hydrogens is 410 g/mol. The Bertz CT molecular complexity index is 1050. The van der Waals surface area contributed by atoms with Crippen LogP contribution in [0.4, 0.5) is 0 Å². The van der Waals surface area contributed by atoms with Crippen LogP contribution in [-0.2, 0) is 5.54 Å². The highest BCUT2D eigenvalue weighted by Crippen LogP contribution is 2.43. The van der Waals surface area contributed by atoms with E-state index in [-0.39, 0.29) is 11.5 Å². The molecule has 1 heterocycles. The van der Waals surface area contributed by atoms with Crippen molar-refractivity contribution >= 4 is 5.91 Å². The molecule has 1 atom stereocenters. The lowest BCUT2D eigenvalue weighted by Gasteiger charge is -2.32. The van der Waals surface area contributed by atoms with Crippen LogP contribution in [0, 0.1) is 0 Å². The van der Waals surface area contributed by atoms with Crippen molar-refractivity contribution in [1.29, 1.82) is 0 Å². The average molecular weight is 446 g/mol. The molecule has 0 saturated carbocycles. The maximum atomic E-state index is 12.8. The second-order valence-electron chi connectivity index (χ2n) is 8.22. The summed E-state index contributed by atoms with van der Waals surface area (Å²) < 4.78 is 11.3. The fourth-order valence-corrected chi connectivity index (χ4v) is 3.90. The van der Waals surface area contributed by atoms with Crippen molar-refractivity contribution in [2.24, 2.45) is 0 Å². The number of hydrogen-bond donors (Lipinski definition) is 1. The quantitative estimate of drug-likeness (QED) is 0.453. The first-order valence-corrected chi connectivity index (χ1v) is 11.2. The van der Waals surface area contributed by atoms with E-state index in [1.807, 2.05) is 107 Å². The van der Waals surface area contributed by atoms with Gasteiger partial charge in [-0.15, -0.1) is 13.2 Å². The molecule has 1 amide bonds. The molecule has 4 rings (SSSR count). The lowest BCUT2D eigenvalue weighted by molar-refractivity contribution is 0.0948. The van der Waals surface area contributed by atoms with Gasteiger partial charge in [0, 0.05) is 5.56 Å². The third kappa shape index (κ3) is 5.28. The summed E-state index contributed by atoms with van der Waals surface area (Å²) in [4.78, 5) is 12.8. The summed E-state index contributed by atoms with van der Waals surface area (Å²) >= 11 is 0. The summed E-state index contributed by atoms with van der Waals surface area (Å²) in [5.41, 5.74) is 2.55. The minimum absolute atomic E-state index is 0.0774. The molecule has 0 radical (unpaired) electrons. The third-order valence-electron chi connectivity index (χ3n) is 5.11. The predicted octanol–water partition coefficient (Wildman–Crippen LogP) is 6.74. The standard InChI is InChI=1S/C25H25NO3.C2H6.C2H4/c1-24(2,3)29-20-15-11-18(12-16-20)25(17-9-13-19(28-4)14-10-17)22-8-6-5-7-21(22)23(27)26-25;2*1-2/h5-16H,1-4H3,(H,26,27);1-2H3;1-2H2. The SMILES string of the molecule is C=C.CC.COc1ccc(C2(c3ccc(OC(C)(C)C)cc3)NC(=O)c3ccccc32)cc1. The number of benzene rings is 3. The molecule has 1 aliphatic heterocycles. The number of ether oxygens (including phenoxy) is 2. The van der Waals surface area contributed by atoms with Crippen LogP contribution in [0.3, 0.4) is 0 Å². The van der Waals surface area contributed by atoms with Crippen LogP contribution < -0.4 is 14.8 Å². The van der Waals surface area contributed by atoms with E-state index < -0.39 is 5.54 Å². The van der Waals surface area contributed by atoms with E-state index in [9.17, 15) is 4.79 Å². The van der Waals surface area contributed by atoms with Gasteiger partial charge in [0.2, 0.25) is 0 Å². The highest BCUT2D eigenvalue weighted by Gasteiger charge is 2.45. The van der Waals surface area contributed by atoms with Gasteiger partial charge in [-0.05, 0) is 67.8 Å². The first-order valence-electron chi connectivity index (χ1n) is 11.2. The van der Waals surface area contributed by atoms with Crippen LogP contribution in [0.25, 0.3) is 0 Å². The number of carbonyl (C=O) groups is 1. The number of methoxy groups -OCH3 is 1. The van der Waals surface area contributed by atoms with Crippen LogP contribution in [0.1, 0.15) is 61.7 Å². The summed E-state index contributed by atoms with van der Waals surface area (Å²) in [6.07, 6.45) is 0. The fraction of sp³-hybridized carbons (Fsp3) is 0.276. The van der Waals surface area contributed by atoms with Crippen LogP contribution in [-0.4, -0.2) is 18.6 Å². The van der Waals surface area contributed by atoms with E-state index in [1.54, 1.807) is 7.11 Å². The van der Waals surface area contributed by atoms with Crippen molar-refractivity contribution in [3.8, 4) is 11.5 Å². The smallest absolute Gasteiger partial charge is 0.252 e. The largest absolute Gasteiger partial charge is 0.497 e. The monoisotopic (exact) mass is 445 g/mol. The first-order chi connectivity index (χ1) is 15.8. The van der Waals surface area contributed by atoms with Crippen molar-refractivity contribution in [3.63, 3.8) is 0 Å². The van der Waals surface area contributed by atoms with E-state index in [1.165, 1.54) is 0 Å². The van der Waals surface area contributed by atoms with E-state index in [0.717, 1.165) is 28.2 Å². The molecule has 33 heavy (non-hydrogen) atoms. The molecular formula is C29H35NO3. The molecule has 0 aliphatic carbocycles. The Morgan fingerprint density at radius 3 is 1.76 bits per heavy atom. The summed E-state index contributed by atoms with van der Waals surface area (Å²) in [7, 11) is 1.64. The molecule has 1 N–H and O–H groups in total. The normalized spacial score (nSPS) is 16.2. The Morgan fingerprint density at radius 1 is 0.788 bits per heavy atom. The van der Waals surface area contributed by atoms with Gasteiger partial charge in [0.1, 0.15) is 22.6 Å². The number of fused-ring (bicyclic) bond motifs is 1. The van der Waals surface area contributed by atoms with E-state index in [0.29, 0.717) is 5.56 Å².